The van der Waals surface area contributed by atoms with Crippen molar-refractivity contribution >= 4 is 22.9 Å². The highest BCUT2D eigenvalue weighted by Crippen LogP contribution is 2.29. The Bertz CT molecular complexity index is 660. The van der Waals surface area contributed by atoms with Crippen LogP contribution in [0.4, 0.5) is 0 Å². The van der Waals surface area contributed by atoms with E-state index >= 15 is 0 Å². The Kier molecular flexibility index (Phi) is 4.06. The van der Waals surface area contributed by atoms with Crippen molar-refractivity contribution in [3.05, 3.63) is 64.0 Å². The minimum absolute atomic E-state index is 0.269. The van der Waals surface area contributed by atoms with Crippen molar-refractivity contribution in [2.75, 3.05) is 13.7 Å². The number of esters is 1. The standard InChI is InChI=1S/C17H17NO2S/c1-20-17(19)15-12-18(11-13-5-3-2-4-6-13)9-7-16-14(15)8-10-21-16/h2-6,8,10,12H,7,9,11H2,1H3. The predicted molar refractivity (Wildman–Crippen MR) is 84.9 cm³/mol. The Balaban J connectivity index is 1.90. The van der Waals surface area contributed by atoms with Gasteiger partial charge in [0, 0.05) is 29.7 Å². The van der Waals surface area contributed by atoms with Crippen molar-refractivity contribution in [1.82, 2.24) is 4.90 Å². The van der Waals surface area contributed by atoms with Crippen LogP contribution in [0.15, 0.2) is 48.0 Å². The quantitative estimate of drug-likeness (QED) is 0.814. The van der Waals surface area contributed by atoms with E-state index in [1.165, 1.54) is 17.6 Å². The van der Waals surface area contributed by atoms with Gasteiger partial charge in [-0.1, -0.05) is 30.3 Å². The van der Waals surface area contributed by atoms with Gasteiger partial charge in [-0.05, 0) is 23.4 Å². The molecule has 21 heavy (non-hydrogen) atoms. The van der Waals surface area contributed by atoms with E-state index in [4.69, 9.17) is 4.74 Å². The molecule has 0 saturated carbocycles. The van der Waals surface area contributed by atoms with E-state index in [1.807, 2.05) is 35.8 Å². The number of fused-ring (bicyclic) bond motifs is 1. The number of ether oxygens (including phenoxy) is 1. The lowest BCUT2D eigenvalue weighted by atomic mass is 10.1. The van der Waals surface area contributed by atoms with Gasteiger partial charge in [-0.2, -0.15) is 0 Å². The molecule has 0 fully saturated rings. The molecule has 0 aliphatic carbocycles. The average molecular weight is 299 g/mol. The molecule has 1 aromatic heterocycles. The fraction of sp³-hybridized carbons (Fsp3) is 0.235. The van der Waals surface area contributed by atoms with Crippen LogP contribution in [0.1, 0.15) is 16.0 Å². The maximum Gasteiger partial charge on any atom is 0.339 e. The third-order valence-electron chi connectivity index (χ3n) is 3.61. The molecule has 1 aliphatic rings. The molecule has 0 saturated heterocycles. The van der Waals surface area contributed by atoms with Crippen LogP contribution < -0.4 is 0 Å². The first-order valence-corrected chi connectivity index (χ1v) is 7.81. The van der Waals surface area contributed by atoms with Crippen molar-refractivity contribution in [2.45, 2.75) is 13.0 Å². The minimum Gasteiger partial charge on any atom is -0.465 e. The summed E-state index contributed by atoms with van der Waals surface area (Å²) in [4.78, 5) is 15.5. The van der Waals surface area contributed by atoms with Crippen LogP contribution in [-0.2, 0) is 22.5 Å². The number of rotatable bonds is 3. The van der Waals surface area contributed by atoms with Crippen molar-refractivity contribution in [3.8, 4) is 0 Å². The second kappa shape index (κ2) is 6.14. The number of carbonyl (C=O) groups is 1. The van der Waals surface area contributed by atoms with Gasteiger partial charge in [-0.3, -0.25) is 0 Å². The molecule has 1 aromatic carbocycles. The van der Waals surface area contributed by atoms with Gasteiger partial charge in [0.2, 0.25) is 0 Å². The largest absolute Gasteiger partial charge is 0.465 e. The summed E-state index contributed by atoms with van der Waals surface area (Å²) in [6.45, 7) is 1.71. The lowest BCUT2D eigenvalue weighted by molar-refractivity contribution is -0.133. The number of methoxy groups -OCH3 is 1. The molecule has 3 nitrogen and oxygen atoms in total. The molecule has 0 radical (unpaired) electrons. The number of thiophene rings is 1. The molecular formula is C17H17NO2S. The molecule has 0 spiro atoms. The molecule has 2 aromatic rings. The van der Waals surface area contributed by atoms with Gasteiger partial charge in [-0.15, -0.1) is 11.3 Å². The summed E-state index contributed by atoms with van der Waals surface area (Å²) in [7, 11) is 1.43. The predicted octanol–water partition coefficient (Wildman–Crippen LogP) is 3.32. The molecule has 4 heteroatoms. The summed E-state index contributed by atoms with van der Waals surface area (Å²) in [5.74, 6) is -0.269. The summed E-state index contributed by atoms with van der Waals surface area (Å²) in [6, 6.07) is 12.3. The zero-order chi connectivity index (χ0) is 14.7. The molecule has 1 aliphatic heterocycles. The Morgan fingerprint density at radius 3 is 2.86 bits per heavy atom. The van der Waals surface area contributed by atoms with E-state index in [-0.39, 0.29) is 5.97 Å². The fourth-order valence-electron chi connectivity index (χ4n) is 2.55. The van der Waals surface area contributed by atoms with Crippen molar-refractivity contribution < 1.29 is 9.53 Å². The molecule has 0 amide bonds. The smallest absolute Gasteiger partial charge is 0.339 e. The van der Waals surface area contributed by atoms with E-state index in [9.17, 15) is 4.79 Å². The van der Waals surface area contributed by atoms with E-state index in [0.29, 0.717) is 5.57 Å². The Labute approximate surface area is 128 Å². The van der Waals surface area contributed by atoms with Crippen LogP contribution in [0.5, 0.6) is 0 Å². The third kappa shape index (κ3) is 3.00. The zero-order valence-electron chi connectivity index (χ0n) is 11.9. The highest BCUT2D eigenvalue weighted by molar-refractivity contribution is 7.10. The number of hydrogen-bond donors (Lipinski definition) is 0. The summed E-state index contributed by atoms with van der Waals surface area (Å²) >= 11 is 1.70. The summed E-state index contributed by atoms with van der Waals surface area (Å²) in [6.07, 6.45) is 2.90. The first kappa shape index (κ1) is 13.9. The lowest BCUT2D eigenvalue weighted by Crippen LogP contribution is -2.19. The molecule has 3 rings (SSSR count). The van der Waals surface area contributed by atoms with Gasteiger partial charge < -0.3 is 9.64 Å². The topological polar surface area (TPSA) is 29.5 Å². The van der Waals surface area contributed by atoms with Crippen LogP contribution in [0, 0.1) is 0 Å². The SMILES string of the molecule is COC(=O)C1=CN(Cc2ccccc2)CCc2sccc21. The van der Waals surface area contributed by atoms with E-state index in [0.717, 1.165) is 25.1 Å². The van der Waals surface area contributed by atoms with Crippen LogP contribution >= 0.6 is 11.3 Å². The molecule has 2 heterocycles. The van der Waals surface area contributed by atoms with Gasteiger partial charge in [0.15, 0.2) is 0 Å². The Morgan fingerprint density at radius 1 is 1.29 bits per heavy atom. The van der Waals surface area contributed by atoms with Gasteiger partial charge >= 0.3 is 5.97 Å². The van der Waals surface area contributed by atoms with Gasteiger partial charge in [0.1, 0.15) is 0 Å². The van der Waals surface area contributed by atoms with Gasteiger partial charge in [0.05, 0.1) is 12.7 Å². The number of benzene rings is 1. The summed E-state index contributed by atoms with van der Waals surface area (Å²) in [5.41, 5.74) is 2.91. The van der Waals surface area contributed by atoms with Crippen LogP contribution in [0.2, 0.25) is 0 Å². The third-order valence-corrected chi connectivity index (χ3v) is 4.59. The lowest BCUT2D eigenvalue weighted by Gasteiger charge is -2.19. The highest BCUT2D eigenvalue weighted by atomic mass is 32.1. The van der Waals surface area contributed by atoms with Crippen LogP contribution in [-0.4, -0.2) is 24.5 Å². The molecule has 108 valence electrons. The number of nitrogens with zero attached hydrogens (tertiary/aromatic N) is 1. The monoisotopic (exact) mass is 299 g/mol. The fourth-order valence-corrected chi connectivity index (χ4v) is 3.43. The number of carbonyl (C=O) groups excluding carboxylic acids is 1. The van der Waals surface area contributed by atoms with Crippen molar-refractivity contribution in [1.29, 1.82) is 0 Å². The summed E-state index contributed by atoms with van der Waals surface area (Å²) in [5, 5.41) is 2.04. The molecular weight excluding hydrogens is 282 g/mol. The van der Waals surface area contributed by atoms with Gasteiger partial charge in [-0.25, -0.2) is 4.79 Å². The van der Waals surface area contributed by atoms with Crippen LogP contribution in [0.3, 0.4) is 0 Å². The van der Waals surface area contributed by atoms with E-state index in [2.05, 4.69) is 17.0 Å². The minimum atomic E-state index is -0.269. The van der Waals surface area contributed by atoms with Gasteiger partial charge in [0.25, 0.3) is 0 Å². The zero-order valence-corrected chi connectivity index (χ0v) is 12.7. The van der Waals surface area contributed by atoms with E-state index < -0.39 is 0 Å². The molecule has 0 bridgehead atoms. The highest BCUT2D eigenvalue weighted by Gasteiger charge is 2.22. The number of hydrogen-bond acceptors (Lipinski definition) is 4. The van der Waals surface area contributed by atoms with Crippen LogP contribution in [0.25, 0.3) is 5.57 Å². The van der Waals surface area contributed by atoms with E-state index in [1.54, 1.807) is 11.3 Å². The molecule has 0 N–H and O–H groups in total. The maximum atomic E-state index is 12.1. The average Bonchev–Trinajstić information content (AvgIpc) is 2.92. The summed E-state index contributed by atoms with van der Waals surface area (Å²) < 4.78 is 4.94. The Morgan fingerprint density at radius 2 is 2.10 bits per heavy atom. The first-order valence-electron chi connectivity index (χ1n) is 6.93. The van der Waals surface area contributed by atoms with Crippen molar-refractivity contribution in [2.24, 2.45) is 0 Å². The molecule has 0 unspecified atom stereocenters. The second-order valence-electron chi connectivity index (χ2n) is 5.00. The molecule has 0 atom stereocenters. The maximum absolute atomic E-state index is 12.1. The van der Waals surface area contributed by atoms with Crippen molar-refractivity contribution in [3.63, 3.8) is 0 Å². The first-order chi connectivity index (χ1) is 10.3. The Hall–Kier alpha value is -2.07. The second-order valence-corrected chi connectivity index (χ2v) is 6.00. The normalized spacial score (nSPS) is 14.1.